The van der Waals surface area contributed by atoms with Crippen LogP contribution in [0.2, 0.25) is 0 Å². The topological polar surface area (TPSA) is 78.4 Å². The molecule has 0 aliphatic carbocycles. The second-order valence-corrected chi connectivity index (χ2v) is 6.43. The Kier molecular flexibility index (Phi) is 5.35. The molecule has 1 unspecified atom stereocenters. The molecule has 19 heavy (non-hydrogen) atoms. The molecule has 106 valence electrons. The predicted molar refractivity (Wildman–Crippen MR) is 76.5 cm³/mol. The fourth-order valence-electron chi connectivity index (χ4n) is 1.71. The van der Waals surface area contributed by atoms with Crippen molar-refractivity contribution in [3.8, 4) is 0 Å². The molecule has 0 saturated carbocycles. The number of urea groups is 1. The number of aliphatic carboxylic acids is 1. The highest BCUT2D eigenvalue weighted by Gasteiger charge is 2.24. The van der Waals surface area contributed by atoms with Crippen LogP contribution < -0.4 is 10.6 Å². The Morgan fingerprint density at radius 1 is 1.42 bits per heavy atom. The fraction of sp³-hybridized carbons (Fsp3) is 0.538. The van der Waals surface area contributed by atoms with Crippen molar-refractivity contribution in [2.75, 3.05) is 11.9 Å². The van der Waals surface area contributed by atoms with Crippen LogP contribution in [0.25, 0.3) is 0 Å². The van der Waals surface area contributed by atoms with Crippen molar-refractivity contribution in [2.45, 2.75) is 27.2 Å². The Labute approximate surface area is 117 Å². The van der Waals surface area contributed by atoms with E-state index in [2.05, 4.69) is 10.6 Å². The van der Waals surface area contributed by atoms with Gasteiger partial charge in [-0.3, -0.25) is 4.79 Å². The summed E-state index contributed by atoms with van der Waals surface area (Å²) in [5, 5.41) is 18.0. The molecule has 1 atom stereocenters. The number of nitrogens with one attached hydrogen (secondary N) is 2. The van der Waals surface area contributed by atoms with E-state index in [-0.39, 0.29) is 18.0 Å². The van der Waals surface area contributed by atoms with Crippen molar-refractivity contribution in [2.24, 2.45) is 11.3 Å². The van der Waals surface area contributed by atoms with E-state index in [1.54, 1.807) is 6.07 Å². The van der Waals surface area contributed by atoms with Crippen LogP contribution in [0.1, 0.15) is 27.2 Å². The molecule has 5 nitrogen and oxygen atoms in total. The molecule has 0 aliphatic heterocycles. The van der Waals surface area contributed by atoms with Crippen molar-refractivity contribution in [1.82, 2.24) is 5.32 Å². The van der Waals surface area contributed by atoms with E-state index in [4.69, 9.17) is 5.11 Å². The zero-order valence-corrected chi connectivity index (χ0v) is 12.2. The lowest BCUT2D eigenvalue weighted by Gasteiger charge is -2.23. The third-order valence-electron chi connectivity index (χ3n) is 2.50. The van der Waals surface area contributed by atoms with Gasteiger partial charge in [-0.25, -0.2) is 4.79 Å². The number of carbonyl (C=O) groups is 2. The van der Waals surface area contributed by atoms with E-state index in [1.807, 2.05) is 31.5 Å². The van der Waals surface area contributed by atoms with Crippen molar-refractivity contribution < 1.29 is 14.7 Å². The van der Waals surface area contributed by atoms with Gasteiger partial charge in [0.05, 0.1) is 11.6 Å². The first-order valence-electron chi connectivity index (χ1n) is 6.08. The molecule has 1 aromatic heterocycles. The Balaban J connectivity index is 2.43. The summed E-state index contributed by atoms with van der Waals surface area (Å²) in [5.74, 6) is -1.46. The molecule has 1 aromatic rings. The monoisotopic (exact) mass is 284 g/mol. The molecule has 0 fully saturated rings. The predicted octanol–water partition coefficient (Wildman–Crippen LogP) is 3.01. The number of carbonyl (C=O) groups excluding carboxylic acids is 1. The summed E-state index contributed by atoms with van der Waals surface area (Å²) in [4.78, 5) is 22.7. The number of carboxylic acids is 1. The summed E-state index contributed by atoms with van der Waals surface area (Å²) in [6, 6.07) is 1.41. The van der Waals surface area contributed by atoms with Gasteiger partial charge in [-0.15, -0.1) is 0 Å². The van der Waals surface area contributed by atoms with E-state index in [9.17, 15) is 9.59 Å². The average molecular weight is 284 g/mol. The Bertz CT molecular complexity index is 424. The number of rotatable bonds is 5. The first-order valence-corrected chi connectivity index (χ1v) is 7.02. The van der Waals surface area contributed by atoms with Crippen molar-refractivity contribution in [1.29, 1.82) is 0 Å². The molecular weight excluding hydrogens is 264 g/mol. The largest absolute Gasteiger partial charge is 0.481 e. The number of hydrogen-bond acceptors (Lipinski definition) is 3. The van der Waals surface area contributed by atoms with E-state index in [1.165, 1.54) is 11.3 Å². The lowest BCUT2D eigenvalue weighted by Crippen LogP contribution is -2.37. The highest BCUT2D eigenvalue weighted by atomic mass is 32.1. The number of anilines is 1. The van der Waals surface area contributed by atoms with Crippen LogP contribution in [-0.2, 0) is 4.79 Å². The first-order chi connectivity index (χ1) is 8.78. The second kappa shape index (κ2) is 6.56. The standard InChI is InChI=1S/C13H20N2O3S/c1-13(2,3)6-9(11(16)17)7-14-12(18)15-10-4-5-19-8-10/h4-5,8-9H,6-7H2,1-3H3,(H,16,17)(H2,14,15,18). The van der Waals surface area contributed by atoms with Crippen LogP contribution in [0.3, 0.4) is 0 Å². The third kappa shape index (κ3) is 6.24. The second-order valence-electron chi connectivity index (χ2n) is 5.65. The summed E-state index contributed by atoms with van der Waals surface area (Å²) in [6.45, 7) is 6.07. The molecule has 1 rings (SSSR count). The molecule has 3 N–H and O–H groups in total. The smallest absolute Gasteiger partial charge is 0.319 e. The minimum Gasteiger partial charge on any atom is -0.481 e. The fourth-order valence-corrected chi connectivity index (χ4v) is 2.30. The van der Waals surface area contributed by atoms with Gasteiger partial charge in [-0.2, -0.15) is 11.3 Å². The lowest BCUT2D eigenvalue weighted by molar-refractivity contribution is -0.142. The van der Waals surface area contributed by atoms with Crippen molar-refractivity contribution in [3.63, 3.8) is 0 Å². The SMILES string of the molecule is CC(C)(C)CC(CNC(=O)Nc1ccsc1)C(=O)O. The van der Waals surface area contributed by atoms with Crippen molar-refractivity contribution in [3.05, 3.63) is 16.8 Å². The van der Waals surface area contributed by atoms with Crippen LogP contribution >= 0.6 is 11.3 Å². The van der Waals surface area contributed by atoms with Gasteiger partial charge < -0.3 is 15.7 Å². The molecule has 0 aliphatic rings. The van der Waals surface area contributed by atoms with E-state index < -0.39 is 11.9 Å². The normalized spacial score (nSPS) is 12.8. The van der Waals surface area contributed by atoms with Gasteiger partial charge in [0.25, 0.3) is 0 Å². The minimum absolute atomic E-state index is 0.0887. The first kappa shape index (κ1) is 15.5. The zero-order chi connectivity index (χ0) is 14.5. The van der Waals surface area contributed by atoms with Gasteiger partial charge in [0.1, 0.15) is 0 Å². The number of thiophene rings is 1. The van der Waals surface area contributed by atoms with Crippen LogP contribution in [0.5, 0.6) is 0 Å². The number of hydrogen-bond donors (Lipinski definition) is 3. The highest BCUT2D eigenvalue weighted by molar-refractivity contribution is 7.08. The van der Waals surface area contributed by atoms with Crippen LogP contribution in [0.4, 0.5) is 10.5 Å². The van der Waals surface area contributed by atoms with Crippen molar-refractivity contribution >= 4 is 29.0 Å². The Morgan fingerprint density at radius 3 is 2.58 bits per heavy atom. The summed E-state index contributed by atoms with van der Waals surface area (Å²) in [5.41, 5.74) is 0.624. The molecule has 2 amide bonds. The average Bonchev–Trinajstić information content (AvgIpc) is 2.75. The molecule has 0 bridgehead atoms. The zero-order valence-electron chi connectivity index (χ0n) is 11.4. The van der Waals surface area contributed by atoms with Gasteiger partial charge in [0.15, 0.2) is 0 Å². The maximum absolute atomic E-state index is 11.6. The molecule has 0 spiro atoms. The van der Waals surface area contributed by atoms with Crippen LogP contribution in [0.15, 0.2) is 16.8 Å². The summed E-state index contributed by atoms with van der Waals surface area (Å²) < 4.78 is 0. The van der Waals surface area contributed by atoms with Gasteiger partial charge in [0.2, 0.25) is 0 Å². The summed E-state index contributed by atoms with van der Waals surface area (Å²) >= 11 is 1.48. The van der Waals surface area contributed by atoms with Gasteiger partial charge >= 0.3 is 12.0 Å². The summed E-state index contributed by atoms with van der Waals surface area (Å²) in [6.07, 6.45) is 0.515. The van der Waals surface area contributed by atoms with Gasteiger partial charge in [-0.05, 0) is 23.3 Å². The van der Waals surface area contributed by atoms with Crippen LogP contribution in [-0.4, -0.2) is 23.7 Å². The summed E-state index contributed by atoms with van der Waals surface area (Å²) in [7, 11) is 0. The van der Waals surface area contributed by atoms with Gasteiger partial charge in [0, 0.05) is 11.9 Å². The Hall–Kier alpha value is -1.56. The maximum Gasteiger partial charge on any atom is 0.319 e. The number of amides is 2. The molecule has 0 aromatic carbocycles. The quantitative estimate of drug-likeness (QED) is 0.777. The van der Waals surface area contributed by atoms with E-state index in [0.717, 1.165) is 0 Å². The Morgan fingerprint density at radius 2 is 2.11 bits per heavy atom. The van der Waals surface area contributed by atoms with E-state index >= 15 is 0 Å². The molecule has 0 saturated heterocycles. The molecule has 0 radical (unpaired) electrons. The molecule has 1 heterocycles. The minimum atomic E-state index is -0.884. The third-order valence-corrected chi connectivity index (χ3v) is 3.18. The van der Waals surface area contributed by atoms with Gasteiger partial charge in [-0.1, -0.05) is 20.8 Å². The highest BCUT2D eigenvalue weighted by Crippen LogP contribution is 2.24. The molecule has 6 heteroatoms. The van der Waals surface area contributed by atoms with E-state index in [0.29, 0.717) is 12.1 Å². The number of carboxylic acid groups (broad SMARTS) is 1. The van der Waals surface area contributed by atoms with Crippen LogP contribution in [0, 0.1) is 11.3 Å². The lowest BCUT2D eigenvalue weighted by atomic mass is 9.84. The molecular formula is C13H20N2O3S. The maximum atomic E-state index is 11.6.